The number of nitrogens with one attached hydrogen (secondary N) is 2. The third-order valence-electron chi connectivity index (χ3n) is 3.98. The number of hydrogen-bond donors (Lipinski definition) is 2. The topological polar surface area (TPSA) is 74.3 Å². The van der Waals surface area contributed by atoms with Crippen LogP contribution in [0.5, 0.6) is 0 Å². The maximum Gasteiger partial charge on any atom is 0.267 e. The van der Waals surface area contributed by atoms with E-state index in [2.05, 4.69) is 15.6 Å². The highest BCUT2D eigenvalue weighted by Crippen LogP contribution is 2.20. The number of amides is 2. The predicted octanol–water partition coefficient (Wildman–Crippen LogP) is 2.91. The lowest BCUT2D eigenvalue weighted by atomic mass is 10.1. The maximum absolute atomic E-state index is 12.4. The van der Waals surface area contributed by atoms with Crippen molar-refractivity contribution in [2.45, 2.75) is 12.8 Å². The van der Waals surface area contributed by atoms with E-state index in [0.717, 1.165) is 26.1 Å². The number of hydrogen-bond acceptors (Lipinski definition) is 6. The maximum atomic E-state index is 12.4. The Morgan fingerprint density at radius 3 is 2.85 bits per heavy atom. The number of anilines is 1. The average molecular weight is 437 g/mol. The van der Waals surface area contributed by atoms with E-state index in [4.69, 9.17) is 0 Å². The van der Waals surface area contributed by atoms with Gasteiger partial charge in [0.05, 0.1) is 17.0 Å². The third-order valence-corrected chi connectivity index (χ3v) is 5.66. The molecule has 0 aromatic carbocycles. The molecule has 1 fully saturated rings. The number of likely N-dealkylation sites (tertiary alicyclic amines) is 1. The lowest BCUT2D eigenvalue weighted by molar-refractivity contribution is -0.129. The monoisotopic (exact) mass is 436 g/mol. The number of rotatable bonds is 6. The molecule has 0 aliphatic carbocycles. The number of carbonyl (C=O) groups is 2. The highest BCUT2D eigenvalue weighted by atomic mass is 35.5. The minimum atomic E-state index is -0.160. The van der Waals surface area contributed by atoms with E-state index in [9.17, 15) is 9.59 Å². The van der Waals surface area contributed by atoms with Gasteiger partial charge >= 0.3 is 0 Å². The summed E-state index contributed by atoms with van der Waals surface area (Å²) in [5.74, 6) is 0.483. The van der Waals surface area contributed by atoms with Crippen molar-refractivity contribution in [1.29, 1.82) is 0 Å². The van der Waals surface area contributed by atoms with Gasteiger partial charge in [0.25, 0.3) is 5.91 Å². The van der Waals surface area contributed by atoms with Gasteiger partial charge in [0.15, 0.2) is 5.13 Å². The second-order valence-corrected chi connectivity index (χ2v) is 7.61. The number of thiophene rings is 1. The summed E-state index contributed by atoms with van der Waals surface area (Å²) in [6.45, 7) is 2.57. The molecular weight excluding hydrogens is 415 g/mol. The molecule has 1 aliphatic heterocycles. The Hall–Kier alpha value is -1.19. The molecule has 144 valence electrons. The molecule has 1 saturated heterocycles. The molecule has 6 nitrogen and oxygen atoms in total. The standard InChI is InChI=1S/C16H20N4O2S2.2ClH/c1-17-8-11-4-5-20(9-11)14(21)7-12-10-24-16(18-12)19-15(22)13-3-2-6-23-13;;/h2-3,6,10-11,17H,4-5,7-9H2,1H3,(H,18,19,22);2*1H. The van der Waals surface area contributed by atoms with E-state index in [1.165, 1.54) is 22.7 Å². The van der Waals surface area contributed by atoms with E-state index in [1.54, 1.807) is 6.07 Å². The number of halogens is 2. The van der Waals surface area contributed by atoms with Crippen LogP contribution in [0.2, 0.25) is 0 Å². The van der Waals surface area contributed by atoms with Crippen molar-refractivity contribution < 1.29 is 9.59 Å². The quantitative estimate of drug-likeness (QED) is 0.729. The van der Waals surface area contributed by atoms with Crippen LogP contribution in [0.4, 0.5) is 5.13 Å². The van der Waals surface area contributed by atoms with Crippen molar-refractivity contribution in [1.82, 2.24) is 15.2 Å². The molecule has 1 aliphatic rings. The van der Waals surface area contributed by atoms with E-state index >= 15 is 0 Å². The van der Waals surface area contributed by atoms with Crippen LogP contribution in [0.1, 0.15) is 21.8 Å². The number of nitrogens with zero attached hydrogens (tertiary/aromatic N) is 2. The Kier molecular flexibility index (Phi) is 9.52. The fourth-order valence-corrected chi connectivity index (χ4v) is 4.12. The van der Waals surface area contributed by atoms with Gasteiger partial charge < -0.3 is 10.2 Å². The summed E-state index contributed by atoms with van der Waals surface area (Å²) in [6.07, 6.45) is 1.34. The Balaban J connectivity index is 0.00000169. The van der Waals surface area contributed by atoms with Crippen molar-refractivity contribution in [2.75, 3.05) is 32.0 Å². The lowest BCUT2D eigenvalue weighted by Gasteiger charge is -2.15. The van der Waals surface area contributed by atoms with Crippen molar-refractivity contribution >= 4 is 64.4 Å². The van der Waals surface area contributed by atoms with E-state index in [1.807, 2.05) is 28.8 Å². The van der Waals surface area contributed by atoms with Crippen molar-refractivity contribution in [3.63, 3.8) is 0 Å². The molecule has 1 unspecified atom stereocenters. The van der Waals surface area contributed by atoms with Crippen LogP contribution in [0.15, 0.2) is 22.9 Å². The Bertz CT molecular complexity index is 709. The minimum Gasteiger partial charge on any atom is -0.342 e. The summed E-state index contributed by atoms with van der Waals surface area (Å²) in [7, 11) is 1.94. The van der Waals surface area contributed by atoms with Crippen LogP contribution in [0.3, 0.4) is 0 Å². The number of carbonyl (C=O) groups excluding carboxylic acids is 2. The van der Waals surface area contributed by atoms with Gasteiger partial charge in [-0.05, 0) is 37.4 Å². The Labute approximate surface area is 173 Å². The van der Waals surface area contributed by atoms with Crippen molar-refractivity contribution in [3.05, 3.63) is 33.5 Å². The molecule has 2 aromatic heterocycles. The molecule has 26 heavy (non-hydrogen) atoms. The Morgan fingerprint density at radius 1 is 1.35 bits per heavy atom. The predicted molar refractivity (Wildman–Crippen MR) is 111 cm³/mol. The van der Waals surface area contributed by atoms with Crippen LogP contribution >= 0.6 is 47.5 Å². The normalized spacial score (nSPS) is 15.9. The van der Waals surface area contributed by atoms with Gasteiger partial charge in [0.1, 0.15) is 0 Å². The SMILES string of the molecule is CNCC1CCN(C(=O)Cc2csc(NC(=O)c3cccs3)n2)C1.Cl.Cl. The van der Waals surface area contributed by atoms with Crippen LogP contribution in [-0.4, -0.2) is 48.4 Å². The molecule has 2 aromatic rings. The average Bonchev–Trinajstić information content (AvgIpc) is 3.28. The van der Waals surface area contributed by atoms with E-state index < -0.39 is 0 Å². The molecule has 0 radical (unpaired) electrons. The zero-order chi connectivity index (χ0) is 16.9. The van der Waals surface area contributed by atoms with Crippen molar-refractivity contribution in [3.8, 4) is 0 Å². The summed E-state index contributed by atoms with van der Waals surface area (Å²) in [6, 6.07) is 3.61. The lowest BCUT2D eigenvalue weighted by Crippen LogP contribution is -2.31. The molecule has 3 rings (SSSR count). The zero-order valence-corrected chi connectivity index (χ0v) is 17.5. The third kappa shape index (κ3) is 5.92. The second-order valence-electron chi connectivity index (χ2n) is 5.80. The van der Waals surface area contributed by atoms with Gasteiger partial charge in [-0.25, -0.2) is 4.98 Å². The molecule has 3 heterocycles. The first kappa shape index (κ1) is 22.9. The first-order valence-corrected chi connectivity index (χ1v) is 9.63. The molecule has 10 heteroatoms. The van der Waals surface area contributed by atoms with E-state index in [0.29, 0.717) is 21.6 Å². The number of aromatic nitrogens is 1. The first-order valence-electron chi connectivity index (χ1n) is 7.87. The van der Waals surface area contributed by atoms with Gasteiger partial charge in [0, 0.05) is 18.5 Å². The van der Waals surface area contributed by atoms with Gasteiger partial charge in [-0.15, -0.1) is 47.5 Å². The van der Waals surface area contributed by atoms with Crippen LogP contribution in [0, 0.1) is 5.92 Å². The van der Waals surface area contributed by atoms with Gasteiger partial charge in [-0.2, -0.15) is 0 Å². The Morgan fingerprint density at radius 2 is 2.15 bits per heavy atom. The summed E-state index contributed by atoms with van der Waals surface area (Å²) in [5, 5.41) is 10.2. The van der Waals surface area contributed by atoms with Crippen LogP contribution in [-0.2, 0) is 11.2 Å². The van der Waals surface area contributed by atoms with Gasteiger partial charge in [-0.3, -0.25) is 14.9 Å². The second kappa shape index (κ2) is 10.8. The number of thiazole rings is 1. The summed E-state index contributed by atoms with van der Waals surface area (Å²) in [4.78, 5) is 31.3. The first-order chi connectivity index (χ1) is 11.7. The highest BCUT2D eigenvalue weighted by Gasteiger charge is 2.26. The largest absolute Gasteiger partial charge is 0.342 e. The molecular formula is C16H22Cl2N4O2S2. The zero-order valence-electron chi connectivity index (χ0n) is 14.3. The summed E-state index contributed by atoms with van der Waals surface area (Å²) in [5.41, 5.74) is 0.712. The molecule has 0 saturated carbocycles. The van der Waals surface area contributed by atoms with Crippen LogP contribution < -0.4 is 10.6 Å². The van der Waals surface area contributed by atoms with Crippen LogP contribution in [0.25, 0.3) is 0 Å². The van der Waals surface area contributed by atoms with Gasteiger partial charge in [-0.1, -0.05) is 6.07 Å². The molecule has 0 spiro atoms. The van der Waals surface area contributed by atoms with E-state index in [-0.39, 0.29) is 43.0 Å². The molecule has 0 bridgehead atoms. The molecule has 2 amide bonds. The summed E-state index contributed by atoms with van der Waals surface area (Å²) < 4.78 is 0. The summed E-state index contributed by atoms with van der Waals surface area (Å²) >= 11 is 2.74. The smallest absolute Gasteiger partial charge is 0.267 e. The fraction of sp³-hybridized carbons (Fsp3) is 0.438. The molecule has 2 N–H and O–H groups in total. The highest BCUT2D eigenvalue weighted by molar-refractivity contribution is 7.14. The van der Waals surface area contributed by atoms with Gasteiger partial charge in [0.2, 0.25) is 5.91 Å². The molecule has 1 atom stereocenters. The van der Waals surface area contributed by atoms with Crippen molar-refractivity contribution in [2.24, 2.45) is 5.92 Å². The fourth-order valence-electron chi connectivity index (χ4n) is 2.79. The minimum absolute atomic E-state index is 0.